The molecule has 0 spiro atoms. The molecule has 0 saturated carbocycles. The number of carbonyl (C=O) groups is 2. The Bertz CT molecular complexity index is 912. The van der Waals surface area contributed by atoms with E-state index in [1.807, 2.05) is 0 Å². The Balaban J connectivity index is 1.44. The molecule has 9 heteroatoms. The number of aromatic nitrogens is 3. The van der Waals surface area contributed by atoms with Gasteiger partial charge in [-0.3, -0.25) is 10.1 Å². The van der Waals surface area contributed by atoms with Crippen molar-refractivity contribution in [2.45, 2.75) is 37.3 Å². The van der Waals surface area contributed by atoms with Crippen LogP contribution >= 0.6 is 11.8 Å². The number of carbonyl (C=O) groups excluding carboxylic acids is 2. The molecule has 29 heavy (non-hydrogen) atoms. The van der Waals surface area contributed by atoms with Crippen LogP contribution in [-0.4, -0.2) is 39.0 Å². The van der Waals surface area contributed by atoms with Crippen molar-refractivity contribution in [2.24, 2.45) is 7.05 Å². The topological polar surface area (TPSA) is 88.9 Å². The largest absolute Gasteiger partial charge is 0.337 e. The molecule has 0 fully saturated rings. The van der Waals surface area contributed by atoms with Gasteiger partial charge < -0.3 is 9.88 Å². The molecular formula is C20H24FN5O2S. The summed E-state index contributed by atoms with van der Waals surface area (Å²) in [6, 6.07) is 5.79. The molecule has 1 aliphatic carbocycles. The molecule has 0 bridgehead atoms. The molecule has 2 aromatic rings. The van der Waals surface area contributed by atoms with Crippen LogP contribution in [0, 0.1) is 5.82 Å². The summed E-state index contributed by atoms with van der Waals surface area (Å²) in [7, 11) is 1.70. The van der Waals surface area contributed by atoms with E-state index >= 15 is 0 Å². The van der Waals surface area contributed by atoms with E-state index < -0.39 is 17.8 Å². The molecule has 0 saturated heterocycles. The molecule has 1 aliphatic rings. The number of imide groups is 1. The van der Waals surface area contributed by atoms with Crippen LogP contribution in [-0.2, 0) is 11.8 Å². The predicted octanol–water partition coefficient (Wildman–Crippen LogP) is 3.43. The van der Waals surface area contributed by atoms with Gasteiger partial charge in [0.15, 0.2) is 11.0 Å². The number of thioether (sulfide) groups is 1. The minimum absolute atomic E-state index is 0.00180. The summed E-state index contributed by atoms with van der Waals surface area (Å²) in [4.78, 5) is 23.9. The van der Waals surface area contributed by atoms with Crippen molar-refractivity contribution < 1.29 is 14.0 Å². The maximum absolute atomic E-state index is 13.9. The van der Waals surface area contributed by atoms with Crippen molar-refractivity contribution in [3.05, 3.63) is 41.7 Å². The van der Waals surface area contributed by atoms with Crippen molar-refractivity contribution in [3.63, 3.8) is 0 Å². The molecule has 0 atom stereocenters. The van der Waals surface area contributed by atoms with E-state index in [4.69, 9.17) is 0 Å². The van der Waals surface area contributed by atoms with E-state index in [0.717, 1.165) is 31.0 Å². The molecule has 3 amide bonds. The van der Waals surface area contributed by atoms with Gasteiger partial charge in [-0.05, 0) is 44.2 Å². The normalized spacial score (nSPS) is 13.7. The molecule has 1 aromatic heterocycles. The van der Waals surface area contributed by atoms with Crippen LogP contribution in [0.4, 0.5) is 9.18 Å². The number of nitrogens with zero attached hydrogens (tertiary/aromatic N) is 3. The van der Waals surface area contributed by atoms with Gasteiger partial charge in [0.1, 0.15) is 5.82 Å². The Morgan fingerprint density at radius 2 is 2.07 bits per heavy atom. The van der Waals surface area contributed by atoms with Crippen LogP contribution in [0.3, 0.4) is 0 Å². The van der Waals surface area contributed by atoms with Gasteiger partial charge in [0.25, 0.3) is 0 Å². The zero-order valence-corrected chi connectivity index (χ0v) is 17.1. The fraction of sp³-hybridized carbons (Fsp3) is 0.400. The Morgan fingerprint density at radius 1 is 1.24 bits per heavy atom. The second-order valence-corrected chi connectivity index (χ2v) is 7.74. The molecule has 1 aromatic carbocycles. The van der Waals surface area contributed by atoms with Crippen molar-refractivity contribution in [2.75, 3.05) is 12.3 Å². The molecule has 0 aliphatic heterocycles. The van der Waals surface area contributed by atoms with Crippen LogP contribution in [0.15, 0.2) is 41.1 Å². The lowest BCUT2D eigenvalue weighted by atomic mass is 9.97. The zero-order valence-electron chi connectivity index (χ0n) is 16.3. The van der Waals surface area contributed by atoms with Gasteiger partial charge in [0.05, 0.1) is 11.3 Å². The maximum atomic E-state index is 13.9. The van der Waals surface area contributed by atoms with E-state index in [9.17, 15) is 14.0 Å². The standard InChI is InChI=1S/C20H24FN5O2S/c1-26-18(15-9-5-6-10-16(15)21)24-25-20(26)29-13-17(27)23-19(28)22-12-11-14-7-3-2-4-8-14/h5-7,9-10H,2-4,8,11-13H2,1H3,(H2,22,23,27,28). The fourth-order valence-corrected chi connectivity index (χ4v) is 3.83. The second kappa shape index (κ2) is 10.2. The van der Waals surface area contributed by atoms with Gasteiger partial charge >= 0.3 is 6.03 Å². The average molecular weight is 418 g/mol. The highest BCUT2D eigenvalue weighted by molar-refractivity contribution is 7.99. The summed E-state index contributed by atoms with van der Waals surface area (Å²) >= 11 is 1.13. The molecule has 3 rings (SSSR count). The number of nitrogens with one attached hydrogen (secondary N) is 2. The highest BCUT2D eigenvalue weighted by atomic mass is 32.2. The Morgan fingerprint density at radius 3 is 2.83 bits per heavy atom. The van der Waals surface area contributed by atoms with Gasteiger partial charge in [-0.2, -0.15) is 0 Å². The molecule has 154 valence electrons. The number of rotatable bonds is 7. The zero-order chi connectivity index (χ0) is 20.6. The van der Waals surface area contributed by atoms with Crippen LogP contribution in [0.5, 0.6) is 0 Å². The Labute approximate surface area is 173 Å². The van der Waals surface area contributed by atoms with Crippen LogP contribution in [0.2, 0.25) is 0 Å². The van der Waals surface area contributed by atoms with E-state index in [2.05, 4.69) is 26.9 Å². The summed E-state index contributed by atoms with van der Waals surface area (Å²) in [5, 5.41) is 13.5. The Hall–Kier alpha value is -2.68. The molecule has 2 N–H and O–H groups in total. The monoisotopic (exact) mass is 417 g/mol. The number of benzene rings is 1. The van der Waals surface area contributed by atoms with Gasteiger partial charge in [-0.15, -0.1) is 10.2 Å². The fourth-order valence-electron chi connectivity index (χ4n) is 3.12. The first-order valence-corrected chi connectivity index (χ1v) is 10.6. The number of halogens is 1. The molecule has 7 nitrogen and oxygen atoms in total. The first-order valence-electron chi connectivity index (χ1n) is 9.57. The first-order chi connectivity index (χ1) is 14.0. The van der Waals surface area contributed by atoms with Crippen molar-refractivity contribution in [3.8, 4) is 11.4 Å². The molecular weight excluding hydrogens is 393 g/mol. The predicted molar refractivity (Wildman–Crippen MR) is 110 cm³/mol. The lowest BCUT2D eigenvalue weighted by Gasteiger charge is -2.13. The third-order valence-corrected chi connectivity index (χ3v) is 5.67. The van der Waals surface area contributed by atoms with E-state index in [0.29, 0.717) is 23.1 Å². The lowest BCUT2D eigenvalue weighted by Crippen LogP contribution is -2.40. The van der Waals surface area contributed by atoms with Gasteiger partial charge in [0.2, 0.25) is 5.91 Å². The highest BCUT2D eigenvalue weighted by Gasteiger charge is 2.16. The van der Waals surface area contributed by atoms with Crippen molar-refractivity contribution in [1.29, 1.82) is 0 Å². The lowest BCUT2D eigenvalue weighted by molar-refractivity contribution is -0.117. The second-order valence-electron chi connectivity index (χ2n) is 6.80. The first kappa shape index (κ1) is 21.0. The summed E-state index contributed by atoms with van der Waals surface area (Å²) in [6.45, 7) is 0.507. The molecule has 0 radical (unpaired) electrons. The quantitative estimate of drug-likeness (QED) is 0.532. The third-order valence-electron chi connectivity index (χ3n) is 4.65. The number of hydrogen-bond acceptors (Lipinski definition) is 5. The maximum Gasteiger partial charge on any atom is 0.321 e. The average Bonchev–Trinajstić information content (AvgIpc) is 3.08. The van der Waals surface area contributed by atoms with Crippen LogP contribution < -0.4 is 10.6 Å². The Kier molecular flexibility index (Phi) is 7.40. The van der Waals surface area contributed by atoms with Gasteiger partial charge in [0, 0.05) is 13.6 Å². The van der Waals surface area contributed by atoms with E-state index in [1.54, 1.807) is 29.8 Å². The van der Waals surface area contributed by atoms with Gasteiger partial charge in [-0.25, -0.2) is 9.18 Å². The summed E-state index contributed by atoms with van der Waals surface area (Å²) in [5.41, 5.74) is 1.71. The minimum atomic E-state index is -0.503. The van der Waals surface area contributed by atoms with Crippen molar-refractivity contribution >= 4 is 23.7 Å². The number of urea groups is 1. The molecule has 0 unspecified atom stereocenters. The van der Waals surface area contributed by atoms with Crippen LogP contribution in [0.25, 0.3) is 11.4 Å². The smallest absolute Gasteiger partial charge is 0.321 e. The van der Waals surface area contributed by atoms with Crippen molar-refractivity contribution in [1.82, 2.24) is 25.4 Å². The minimum Gasteiger partial charge on any atom is -0.337 e. The SMILES string of the molecule is Cn1c(SCC(=O)NC(=O)NCCC2=CCCCC2)nnc1-c1ccccc1F. The number of allylic oxidation sites excluding steroid dienone is 1. The number of hydrogen-bond donors (Lipinski definition) is 2. The summed E-state index contributed by atoms with van der Waals surface area (Å²) < 4.78 is 15.6. The van der Waals surface area contributed by atoms with Crippen LogP contribution in [0.1, 0.15) is 32.1 Å². The summed E-state index contributed by atoms with van der Waals surface area (Å²) in [5.74, 6) is -0.444. The van der Waals surface area contributed by atoms with Gasteiger partial charge in [-0.1, -0.05) is 35.5 Å². The van der Waals surface area contributed by atoms with E-state index in [-0.39, 0.29) is 5.75 Å². The summed E-state index contributed by atoms with van der Waals surface area (Å²) in [6.07, 6.45) is 7.68. The van der Waals surface area contributed by atoms with E-state index in [1.165, 1.54) is 24.5 Å². The molecule has 1 heterocycles. The highest BCUT2D eigenvalue weighted by Crippen LogP contribution is 2.24. The number of amides is 3. The third kappa shape index (κ3) is 5.90.